The van der Waals surface area contributed by atoms with Crippen LogP contribution in [0.3, 0.4) is 0 Å². The number of aldehydes is 1. The van der Waals surface area contributed by atoms with Gasteiger partial charge in [-0.2, -0.15) is 0 Å². The second-order valence-corrected chi connectivity index (χ2v) is 5.44. The van der Waals surface area contributed by atoms with Crippen molar-refractivity contribution in [1.82, 2.24) is 0 Å². The molecule has 0 radical (unpaired) electrons. The van der Waals surface area contributed by atoms with E-state index in [0.29, 0.717) is 11.3 Å². The molecule has 1 amide bonds. The molecule has 1 N–H and O–H groups in total. The molecular weight excluding hydrogens is 262 g/mol. The van der Waals surface area contributed by atoms with Crippen LogP contribution in [-0.4, -0.2) is 12.2 Å². The van der Waals surface area contributed by atoms with Gasteiger partial charge in [-0.3, -0.25) is 9.59 Å². The number of carbonyl (C=O) groups is 2. The van der Waals surface area contributed by atoms with Crippen LogP contribution in [0.2, 0.25) is 0 Å². The van der Waals surface area contributed by atoms with Crippen LogP contribution in [0.4, 0.5) is 5.69 Å². The van der Waals surface area contributed by atoms with Gasteiger partial charge in [0.15, 0.2) is 0 Å². The number of benzene rings is 2. The lowest BCUT2D eigenvalue weighted by Gasteiger charge is -2.23. The molecule has 21 heavy (non-hydrogen) atoms. The monoisotopic (exact) mass is 279 g/mol. The Morgan fingerprint density at radius 1 is 1.10 bits per heavy atom. The number of aryl methyl sites for hydroxylation is 1. The smallest absolute Gasteiger partial charge is 0.227 e. The molecule has 1 unspecified atom stereocenters. The summed E-state index contributed by atoms with van der Waals surface area (Å²) in [6.45, 7) is 0. The van der Waals surface area contributed by atoms with Crippen LogP contribution >= 0.6 is 0 Å². The van der Waals surface area contributed by atoms with E-state index in [-0.39, 0.29) is 11.8 Å². The van der Waals surface area contributed by atoms with E-state index in [1.165, 1.54) is 11.1 Å². The molecule has 0 bridgehead atoms. The molecule has 0 aliphatic heterocycles. The highest BCUT2D eigenvalue weighted by molar-refractivity contribution is 5.93. The molecule has 0 fully saturated rings. The number of hydrogen-bond donors (Lipinski definition) is 1. The predicted octanol–water partition coefficient (Wildman–Crippen LogP) is 3.24. The zero-order valence-corrected chi connectivity index (χ0v) is 11.7. The highest BCUT2D eigenvalue weighted by atomic mass is 16.1. The van der Waals surface area contributed by atoms with Crippen molar-refractivity contribution in [3.8, 4) is 0 Å². The number of carbonyl (C=O) groups excluding carboxylic acids is 2. The molecule has 3 rings (SSSR count). The van der Waals surface area contributed by atoms with Gasteiger partial charge in [-0.15, -0.1) is 0 Å². The lowest BCUT2D eigenvalue weighted by atomic mass is 9.83. The summed E-state index contributed by atoms with van der Waals surface area (Å²) in [4.78, 5) is 23.1. The molecule has 2 aromatic rings. The molecule has 106 valence electrons. The normalized spacial score (nSPS) is 16.9. The van der Waals surface area contributed by atoms with E-state index in [1.54, 1.807) is 18.2 Å². The van der Waals surface area contributed by atoms with Gasteiger partial charge in [-0.1, -0.05) is 36.4 Å². The fourth-order valence-corrected chi connectivity index (χ4v) is 2.86. The van der Waals surface area contributed by atoms with Crippen LogP contribution in [-0.2, 0) is 17.6 Å². The first kappa shape index (κ1) is 13.6. The fourth-order valence-electron chi connectivity index (χ4n) is 2.86. The summed E-state index contributed by atoms with van der Waals surface area (Å²) in [5, 5.41) is 2.92. The van der Waals surface area contributed by atoms with Crippen LogP contribution < -0.4 is 5.32 Å². The Balaban J connectivity index is 1.70. The molecule has 0 saturated heterocycles. The maximum absolute atomic E-state index is 12.4. The third-order valence-electron chi connectivity index (χ3n) is 4.01. The predicted molar refractivity (Wildman–Crippen MR) is 82.4 cm³/mol. The highest BCUT2D eigenvalue weighted by Crippen LogP contribution is 2.26. The van der Waals surface area contributed by atoms with Crippen LogP contribution in [0.25, 0.3) is 0 Å². The van der Waals surface area contributed by atoms with Crippen molar-refractivity contribution in [2.75, 3.05) is 5.32 Å². The zero-order chi connectivity index (χ0) is 14.7. The minimum atomic E-state index is -0.000197. The summed E-state index contributed by atoms with van der Waals surface area (Å²) < 4.78 is 0. The largest absolute Gasteiger partial charge is 0.326 e. The molecule has 1 atom stereocenters. The van der Waals surface area contributed by atoms with Crippen LogP contribution in [0.1, 0.15) is 27.9 Å². The van der Waals surface area contributed by atoms with Crippen molar-refractivity contribution in [2.24, 2.45) is 5.92 Å². The molecule has 3 nitrogen and oxygen atoms in total. The molecule has 0 heterocycles. The molecule has 0 saturated carbocycles. The number of hydrogen-bond acceptors (Lipinski definition) is 2. The number of amides is 1. The van der Waals surface area contributed by atoms with Crippen LogP contribution in [0.15, 0.2) is 48.5 Å². The number of rotatable bonds is 3. The summed E-state index contributed by atoms with van der Waals surface area (Å²) in [5.74, 6) is 0.0346. The fraction of sp³-hybridized carbons (Fsp3) is 0.222. The molecule has 1 aliphatic rings. The molecule has 1 aliphatic carbocycles. The summed E-state index contributed by atoms with van der Waals surface area (Å²) in [5.41, 5.74) is 3.88. The first-order valence-electron chi connectivity index (χ1n) is 7.19. The first-order valence-corrected chi connectivity index (χ1v) is 7.19. The molecule has 3 heteroatoms. The number of nitrogens with one attached hydrogen (secondary N) is 1. The minimum Gasteiger partial charge on any atom is -0.326 e. The second kappa shape index (κ2) is 5.92. The Hall–Kier alpha value is -2.42. The highest BCUT2D eigenvalue weighted by Gasteiger charge is 2.24. The van der Waals surface area contributed by atoms with Crippen molar-refractivity contribution in [2.45, 2.75) is 19.3 Å². The van der Waals surface area contributed by atoms with Crippen molar-refractivity contribution >= 4 is 17.9 Å². The summed E-state index contributed by atoms with van der Waals surface area (Å²) in [6, 6.07) is 15.3. The van der Waals surface area contributed by atoms with Gasteiger partial charge in [0.05, 0.1) is 0 Å². The van der Waals surface area contributed by atoms with Crippen molar-refractivity contribution in [1.29, 1.82) is 0 Å². The van der Waals surface area contributed by atoms with Crippen molar-refractivity contribution < 1.29 is 9.59 Å². The van der Waals surface area contributed by atoms with Gasteiger partial charge in [0.2, 0.25) is 5.91 Å². The molecule has 0 spiro atoms. The van der Waals surface area contributed by atoms with Gasteiger partial charge >= 0.3 is 0 Å². The molecular formula is C18H17NO2. The van der Waals surface area contributed by atoms with Crippen molar-refractivity contribution in [3.05, 3.63) is 65.2 Å². The zero-order valence-electron chi connectivity index (χ0n) is 11.7. The van der Waals surface area contributed by atoms with Gasteiger partial charge in [-0.05, 0) is 42.5 Å². The lowest BCUT2D eigenvalue weighted by Crippen LogP contribution is -2.28. The average molecular weight is 279 g/mol. The van der Waals surface area contributed by atoms with E-state index in [1.807, 2.05) is 18.2 Å². The first-order chi connectivity index (χ1) is 10.3. The lowest BCUT2D eigenvalue weighted by molar-refractivity contribution is -0.120. The number of anilines is 1. The van der Waals surface area contributed by atoms with Gasteiger partial charge in [0, 0.05) is 17.2 Å². The van der Waals surface area contributed by atoms with Gasteiger partial charge in [0.1, 0.15) is 6.29 Å². The summed E-state index contributed by atoms with van der Waals surface area (Å²) in [7, 11) is 0. The third-order valence-corrected chi connectivity index (χ3v) is 4.01. The maximum atomic E-state index is 12.4. The summed E-state index contributed by atoms with van der Waals surface area (Å²) >= 11 is 0. The van der Waals surface area contributed by atoms with Gasteiger partial charge in [0.25, 0.3) is 0 Å². The van der Waals surface area contributed by atoms with Gasteiger partial charge < -0.3 is 5.32 Å². The number of fused-ring (bicyclic) bond motifs is 1. The Morgan fingerprint density at radius 2 is 1.90 bits per heavy atom. The standard InChI is InChI=1S/C18H17NO2/c20-12-13-4-3-7-17(10-13)19-18(21)16-9-8-14-5-1-2-6-15(14)11-16/h1-7,10,12,16H,8-9,11H2,(H,19,21). The SMILES string of the molecule is O=Cc1cccc(NC(=O)C2CCc3ccccc3C2)c1. The van der Waals surface area contributed by atoms with E-state index in [9.17, 15) is 9.59 Å². The van der Waals surface area contributed by atoms with E-state index in [2.05, 4.69) is 17.4 Å². The molecule has 2 aromatic carbocycles. The maximum Gasteiger partial charge on any atom is 0.227 e. The minimum absolute atomic E-state index is 0.000197. The van der Waals surface area contributed by atoms with E-state index in [0.717, 1.165) is 25.5 Å². The van der Waals surface area contributed by atoms with Crippen LogP contribution in [0.5, 0.6) is 0 Å². The quantitative estimate of drug-likeness (QED) is 0.877. The average Bonchev–Trinajstić information content (AvgIpc) is 2.54. The Kier molecular flexibility index (Phi) is 3.82. The Labute approximate surface area is 124 Å². The van der Waals surface area contributed by atoms with Crippen LogP contribution in [0, 0.1) is 5.92 Å². The molecule has 0 aromatic heterocycles. The Bertz CT molecular complexity index is 678. The Morgan fingerprint density at radius 3 is 2.71 bits per heavy atom. The van der Waals surface area contributed by atoms with E-state index in [4.69, 9.17) is 0 Å². The van der Waals surface area contributed by atoms with E-state index >= 15 is 0 Å². The van der Waals surface area contributed by atoms with Gasteiger partial charge in [-0.25, -0.2) is 0 Å². The van der Waals surface area contributed by atoms with E-state index < -0.39 is 0 Å². The second-order valence-electron chi connectivity index (χ2n) is 5.44. The topological polar surface area (TPSA) is 46.2 Å². The van der Waals surface area contributed by atoms with Crippen molar-refractivity contribution in [3.63, 3.8) is 0 Å². The summed E-state index contributed by atoms with van der Waals surface area (Å²) in [6.07, 6.45) is 3.39. The third kappa shape index (κ3) is 3.02.